The number of thiazole rings is 1. The van der Waals surface area contributed by atoms with Gasteiger partial charge in [-0.3, -0.25) is 4.90 Å². The van der Waals surface area contributed by atoms with Gasteiger partial charge in [-0.15, -0.1) is 11.3 Å². The van der Waals surface area contributed by atoms with Gasteiger partial charge in [0.1, 0.15) is 0 Å². The Kier molecular flexibility index (Phi) is 5.40. The number of anilines is 1. The number of ether oxygens (including phenoxy) is 1. The lowest BCUT2D eigenvalue weighted by Gasteiger charge is -2.21. The van der Waals surface area contributed by atoms with Gasteiger partial charge in [-0.2, -0.15) is 4.98 Å². The normalized spacial score (nSPS) is 16.3. The van der Waals surface area contributed by atoms with E-state index in [2.05, 4.69) is 31.7 Å². The van der Waals surface area contributed by atoms with E-state index in [1.54, 1.807) is 17.5 Å². The number of nitrogens with zero attached hydrogens (tertiary/aromatic N) is 5. The van der Waals surface area contributed by atoms with Crippen molar-refractivity contribution >= 4 is 17.3 Å². The van der Waals surface area contributed by atoms with Gasteiger partial charge in [0, 0.05) is 49.9 Å². The van der Waals surface area contributed by atoms with E-state index >= 15 is 0 Å². The molecule has 6 nitrogen and oxygen atoms in total. The van der Waals surface area contributed by atoms with Crippen LogP contribution < -0.4 is 9.64 Å². The van der Waals surface area contributed by atoms with E-state index in [1.165, 1.54) is 4.88 Å². The lowest BCUT2D eigenvalue weighted by molar-refractivity contribution is 0.287. The molecule has 0 N–H and O–H groups in total. The number of rotatable bonds is 5. The van der Waals surface area contributed by atoms with Gasteiger partial charge in [0.05, 0.1) is 17.8 Å². The van der Waals surface area contributed by atoms with E-state index in [0.717, 1.165) is 50.8 Å². The Balaban J connectivity index is 1.62. The average Bonchev–Trinajstić information content (AvgIpc) is 2.82. The SMILES string of the molecule is CCOc1ccnc(N2CCCN(Cc3scnc3C)CC2)n1. The fourth-order valence-corrected chi connectivity index (χ4v) is 3.54. The van der Waals surface area contributed by atoms with Crippen LogP contribution in [0.25, 0.3) is 0 Å². The minimum absolute atomic E-state index is 0.623. The van der Waals surface area contributed by atoms with Crippen LogP contribution in [0.15, 0.2) is 17.8 Å². The highest BCUT2D eigenvalue weighted by molar-refractivity contribution is 7.09. The molecule has 2 aromatic rings. The third kappa shape index (κ3) is 4.17. The smallest absolute Gasteiger partial charge is 0.228 e. The van der Waals surface area contributed by atoms with Crippen molar-refractivity contribution in [1.82, 2.24) is 19.9 Å². The maximum Gasteiger partial charge on any atom is 0.228 e. The topological polar surface area (TPSA) is 54.4 Å². The van der Waals surface area contributed by atoms with Crippen molar-refractivity contribution in [3.05, 3.63) is 28.3 Å². The molecule has 0 spiro atoms. The molecule has 1 fully saturated rings. The molecule has 7 heteroatoms. The molecule has 0 atom stereocenters. The second-order valence-electron chi connectivity index (χ2n) is 5.61. The number of aromatic nitrogens is 3. The van der Waals surface area contributed by atoms with Gasteiger partial charge in [-0.05, 0) is 20.3 Å². The summed E-state index contributed by atoms with van der Waals surface area (Å²) in [5, 5.41) is 0. The fourth-order valence-electron chi connectivity index (χ4n) is 2.72. The van der Waals surface area contributed by atoms with Gasteiger partial charge in [0.25, 0.3) is 0 Å². The molecular weight excluding hydrogens is 310 g/mol. The van der Waals surface area contributed by atoms with E-state index < -0.39 is 0 Å². The predicted molar refractivity (Wildman–Crippen MR) is 92.2 cm³/mol. The first-order valence-electron chi connectivity index (χ1n) is 8.08. The van der Waals surface area contributed by atoms with Crippen LogP contribution in [0.3, 0.4) is 0 Å². The first kappa shape index (κ1) is 16.1. The summed E-state index contributed by atoms with van der Waals surface area (Å²) in [5.74, 6) is 1.42. The summed E-state index contributed by atoms with van der Waals surface area (Å²) in [6, 6.07) is 1.81. The summed E-state index contributed by atoms with van der Waals surface area (Å²) in [7, 11) is 0. The van der Waals surface area contributed by atoms with Gasteiger partial charge in [0.15, 0.2) is 0 Å². The first-order valence-corrected chi connectivity index (χ1v) is 8.96. The highest BCUT2D eigenvalue weighted by Gasteiger charge is 2.18. The summed E-state index contributed by atoms with van der Waals surface area (Å²) in [4.78, 5) is 19.4. The highest BCUT2D eigenvalue weighted by Crippen LogP contribution is 2.18. The van der Waals surface area contributed by atoms with Crippen molar-refractivity contribution in [2.45, 2.75) is 26.8 Å². The Labute approximate surface area is 141 Å². The van der Waals surface area contributed by atoms with E-state index in [4.69, 9.17) is 4.74 Å². The lowest BCUT2D eigenvalue weighted by atomic mass is 10.3. The van der Waals surface area contributed by atoms with Crippen LogP contribution in [-0.4, -0.2) is 52.6 Å². The highest BCUT2D eigenvalue weighted by atomic mass is 32.1. The molecule has 0 bridgehead atoms. The third-order valence-electron chi connectivity index (χ3n) is 3.99. The standard InChI is InChI=1S/C16H23N5OS/c1-3-22-15-5-6-17-16(19-15)21-8-4-7-20(9-10-21)11-14-13(2)18-12-23-14/h5-6,12H,3-4,7-11H2,1-2H3. The van der Waals surface area contributed by atoms with E-state index in [9.17, 15) is 0 Å². The molecule has 1 aliphatic heterocycles. The molecule has 3 heterocycles. The Hall–Kier alpha value is -1.73. The maximum atomic E-state index is 5.48. The quantitative estimate of drug-likeness (QED) is 0.837. The van der Waals surface area contributed by atoms with Crippen LogP contribution in [0, 0.1) is 6.92 Å². The zero-order valence-corrected chi connectivity index (χ0v) is 14.6. The minimum Gasteiger partial charge on any atom is -0.478 e. The summed E-state index contributed by atoms with van der Waals surface area (Å²) in [6.07, 6.45) is 2.89. The minimum atomic E-state index is 0.623. The summed E-state index contributed by atoms with van der Waals surface area (Å²) < 4.78 is 5.48. The van der Waals surface area contributed by atoms with Crippen molar-refractivity contribution in [3.8, 4) is 5.88 Å². The zero-order valence-electron chi connectivity index (χ0n) is 13.7. The Morgan fingerprint density at radius 1 is 1.22 bits per heavy atom. The summed E-state index contributed by atoms with van der Waals surface area (Å²) >= 11 is 1.75. The van der Waals surface area contributed by atoms with Crippen LogP contribution in [0.1, 0.15) is 23.9 Å². The average molecular weight is 333 g/mol. The molecule has 0 aliphatic carbocycles. The fraction of sp³-hybridized carbons (Fsp3) is 0.562. The van der Waals surface area contributed by atoms with Gasteiger partial charge < -0.3 is 9.64 Å². The third-order valence-corrected chi connectivity index (χ3v) is 4.91. The Bertz CT molecular complexity index is 632. The lowest BCUT2D eigenvalue weighted by Crippen LogP contribution is -2.31. The summed E-state index contributed by atoms with van der Waals surface area (Å²) in [6.45, 7) is 9.69. The molecule has 3 rings (SSSR count). The molecule has 1 aliphatic rings. The second-order valence-corrected chi connectivity index (χ2v) is 6.54. The van der Waals surface area contributed by atoms with Crippen LogP contribution in [0.2, 0.25) is 0 Å². The van der Waals surface area contributed by atoms with Crippen LogP contribution in [0.4, 0.5) is 5.95 Å². The molecule has 23 heavy (non-hydrogen) atoms. The number of hydrogen-bond acceptors (Lipinski definition) is 7. The maximum absolute atomic E-state index is 5.48. The van der Waals surface area contributed by atoms with Crippen molar-refractivity contribution in [3.63, 3.8) is 0 Å². The molecular formula is C16H23N5OS. The van der Waals surface area contributed by atoms with E-state index in [0.29, 0.717) is 12.5 Å². The van der Waals surface area contributed by atoms with Crippen LogP contribution in [-0.2, 0) is 6.54 Å². The molecule has 124 valence electrons. The molecule has 0 unspecified atom stereocenters. The monoisotopic (exact) mass is 333 g/mol. The largest absolute Gasteiger partial charge is 0.478 e. The number of aryl methyl sites for hydroxylation is 1. The first-order chi connectivity index (χ1) is 11.3. The molecule has 0 aromatic carbocycles. The van der Waals surface area contributed by atoms with Crippen molar-refractivity contribution in [2.75, 3.05) is 37.7 Å². The van der Waals surface area contributed by atoms with Gasteiger partial charge in [0.2, 0.25) is 11.8 Å². The van der Waals surface area contributed by atoms with Crippen molar-refractivity contribution in [1.29, 1.82) is 0 Å². The Morgan fingerprint density at radius 2 is 2.13 bits per heavy atom. The van der Waals surface area contributed by atoms with Gasteiger partial charge in [-0.1, -0.05) is 0 Å². The zero-order chi connectivity index (χ0) is 16.1. The van der Waals surface area contributed by atoms with Gasteiger partial charge in [-0.25, -0.2) is 9.97 Å². The summed E-state index contributed by atoms with van der Waals surface area (Å²) in [5.41, 5.74) is 3.09. The van der Waals surface area contributed by atoms with E-state index in [1.807, 2.05) is 18.5 Å². The molecule has 1 saturated heterocycles. The van der Waals surface area contributed by atoms with Crippen molar-refractivity contribution in [2.24, 2.45) is 0 Å². The predicted octanol–water partition coefficient (Wildman–Crippen LogP) is 2.35. The van der Waals surface area contributed by atoms with Crippen LogP contribution >= 0.6 is 11.3 Å². The second kappa shape index (κ2) is 7.70. The van der Waals surface area contributed by atoms with Crippen LogP contribution in [0.5, 0.6) is 5.88 Å². The van der Waals surface area contributed by atoms with E-state index in [-0.39, 0.29) is 0 Å². The van der Waals surface area contributed by atoms with Gasteiger partial charge >= 0.3 is 0 Å². The molecule has 0 amide bonds. The number of hydrogen-bond donors (Lipinski definition) is 0. The van der Waals surface area contributed by atoms with Crippen molar-refractivity contribution < 1.29 is 4.74 Å². The molecule has 0 saturated carbocycles. The Morgan fingerprint density at radius 3 is 2.91 bits per heavy atom. The molecule has 0 radical (unpaired) electrons. The molecule has 2 aromatic heterocycles.